The van der Waals surface area contributed by atoms with Crippen LogP contribution in [0, 0.1) is 15.5 Å². The Balaban J connectivity index is 0.000000621. The van der Waals surface area contributed by atoms with Crippen LogP contribution in [0.15, 0.2) is 0 Å². The third kappa shape index (κ3) is 11.7. The third-order valence-corrected chi connectivity index (χ3v) is 6.39. The number of rotatable bonds is 6. The Labute approximate surface area is 137 Å². The van der Waals surface area contributed by atoms with Gasteiger partial charge in [-0.25, -0.2) is 18.6 Å². The first-order chi connectivity index (χ1) is 8.91. The maximum absolute atomic E-state index is 8.49. The summed E-state index contributed by atoms with van der Waals surface area (Å²) in [6, 6.07) is 0. The summed E-state index contributed by atoms with van der Waals surface area (Å²) in [5.41, 5.74) is 0. The Morgan fingerprint density at radius 1 is 0.750 bits per heavy atom. The lowest BCUT2D eigenvalue weighted by atomic mass is 10.6. The third-order valence-electron chi connectivity index (χ3n) is 1.94. The average Bonchev–Trinajstić information content (AvgIpc) is 2.72. The largest absolute Gasteiger partial charge is 0.222 e. The first-order valence-electron chi connectivity index (χ1n) is 6.37. The van der Waals surface area contributed by atoms with Gasteiger partial charge in [0.2, 0.25) is 10.5 Å². The molecule has 0 aromatic rings. The monoisotopic (exact) mass is 362 g/mol. The molecule has 0 amide bonds. The maximum Gasteiger partial charge on any atom is 0.213 e. The molecule has 8 heteroatoms. The Kier molecular flexibility index (Phi) is 9.73. The zero-order chi connectivity index (χ0) is 16.1. The lowest BCUT2D eigenvalue weighted by molar-refractivity contribution is -2.00. The molecular formula is C12H23ClO4S3. The van der Waals surface area contributed by atoms with Gasteiger partial charge in [0, 0.05) is 15.7 Å². The van der Waals surface area contributed by atoms with Crippen LogP contribution in [0.3, 0.4) is 0 Å². The fourth-order valence-electron chi connectivity index (χ4n) is 1.47. The molecule has 0 radical (unpaired) electrons. The second-order valence-electron chi connectivity index (χ2n) is 5.16. The first-order valence-corrected chi connectivity index (χ1v) is 10.4. The molecule has 1 saturated carbocycles. The quantitative estimate of drug-likeness (QED) is 0.611. The van der Waals surface area contributed by atoms with E-state index in [1.54, 1.807) is 5.25 Å². The molecule has 2 atom stereocenters. The van der Waals surface area contributed by atoms with Gasteiger partial charge in [-0.05, 0) is 13.8 Å². The van der Waals surface area contributed by atoms with Crippen molar-refractivity contribution >= 4 is 35.3 Å². The van der Waals surface area contributed by atoms with Crippen LogP contribution >= 0.6 is 35.3 Å². The molecule has 0 aromatic carbocycles. The average molecular weight is 363 g/mol. The molecule has 20 heavy (non-hydrogen) atoms. The minimum Gasteiger partial charge on any atom is -0.222 e. The van der Waals surface area contributed by atoms with Gasteiger partial charge in [-0.1, -0.05) is 27.7 Å². The SMILES string of the molecule is CC(C)S[C+]1C(SC(C)C)C1SC(C)C.[O-][Cl+3]([O-])([O-])[O-]. The standard InChI is InChI=1S/C12H23S3.ClHO4/c1-7(2)13-10-11(14-8(3)4)12(10)15-9(5)6;2-1(3,4)5/h7-11H,1-6H3;(H,2,3,4,5)/q+1;/p-1. The van der Waals surface area contributed by atoms with E-state index in [4.69, 9.17) is 18.6 Å². The molecule has 0 spiro atoms. The summed E-state index contributed by atoms with van der Waals surface area (Å²) in [6.07, 6.45) is 0. The van der Waals surface area contributed by atoms with Crippen molar-refractivity contribution in [1.82, 2.24) is 0 Å². The van der Waals surface area contributed by atoms with E-state index in [9.17, 15) is 0 Å². The van der Waals surface area contributed by atoms with Crippen LogP contribution in [0.2, 0.25) is 0 Å². The first kappa shape index (κ1) is 21.0. The van der Waals surface area contributed by atoms with Crippen LogP contribution in [0.1, 0.15) is 41.5 Å². The lowest BCUT2D eigenvalue weighted by Gasteiger charge is -2.17. The van der Waals surface area contributed by atoms with Gasteiger partial charge in [0.1, 0.15) is 0 Å². The highest BCUT2D eigenvalue weighted by Crippen LogP contribution is 2.60. The fourth-order valence-corrected chi connectivity index (χ4v) is 5.95. The molecule has 0 bridgehead atoms. The normalized spacial score (nSPS) is 22.4. The molecule has 1 aliphatic rings. The predicted molar refractivity (Wildman–Crippen MR) is 79.0 cm³/mol. The van der Waals surface area contributed by atoms with Crippen molar-refractivity contribution in [3.63, 3.8) is 0 Å². The zero-order valence-electron chi connectivity index (χ0n) is 12.6. The molecule has 2 unspecified atom stereocenters. The molecule has 1 rings (SSSR count). The highest BCUT2D eigenvalue weighted by molar-refractivity contribution is 8.11. The van der Waals surface area contributed by atoms with E-state index in [2.05, 4.69) is 76.8 Å². The lowest BCUT2D eigenvalue weighted by Crippen LogP contribution is -2.68. The van der Waals surface area contributed by atoms with E-state index in [1.165, 1.54) is 0 Å². The Morgan fingerprint density at radius 2 is 1.05 bits per heavy atom. The van der Waals surface area contributed by atoms with Gasteiger partial charge >= 0.3 is 0 Å². The molecule has 120 valence electrons. The van der Waals surface area contributed by atoms with Crippen molar-refractivity contribution in [2.45, 2.75) is 67.8 Å². The summed E-state index contributed by atoms with van der Waals surface area (Å²) < 4.78 is 34.0. The van der Waals surface area contributed by atoms with E-state index in [-0.39, 0.29) is 0 Å². The summed E-state index contributed by atoms with van der Waals surface area (Å²) in [5.74, 6) is 0. The highest BCUT2D eigenvalue weighted by atomic mass is 35.7. The molecule has 0 heterocycles. The number of halogens is 1. The zero-order valence-corrected chi connectivity index (χ0v) is 15.8. The fraction of sp³-hybridized carbons (Fsp3) is 0.917. The number of hydrogen-bond donors (Lipinski definition) is 0. The molecule has 0 aliphatic heterocycles. The van der Waals surface area contributed by atoms with Crippen molar-refractivity contribution in [3.05, 3.63) is 5.25 Å². The van der Waals surface area contributed by atoms with Crippen molar-refractivity contribution in [1.29, 1.82) is 0 Å². The molecule has 1 fully saturated rings. The molecular weight excluding hydrogens is 340 g/mol. The van der Waals surface area contributed by atoms with Crippen LogP contribution < -0.4 is 18.6 Å². The summed E-state index contributed by atoms with van der Waals surface area (Å²) in [4.78, 5) is 0. The number of hydrogen-bond acceptors (Lipinski definition) is 7. The molecule has 1 aliphatic carbocycles. The summed E-state index contributed by atoms with van der Waals surface area (Å²) in [6.45, 7) is 13.8. The topological polar surface area (TPSA) is 92.2 Å². The van der Waals surface area contributed by atoms with Crippen LogP contribution in [0.25, 0.3) is 0 Å². The Bertz CT molecular complexity index is 227. The van der Waals surface area contributed by atoms with Crippen molar-refractivity contribution in [3.8, 4) is 0 Å². The van der Waals surface area contributed by atoms with E-state index in [1.807, 2.05) is 0 Å². The van der Waals surface area contributed by atoms with Crippen molar-refractivity contribution in [2.24, 2.45) is 0 Å². The Hall–Kier alpha value is 1.05. The van der Waals surface area contributed by atoms with E-state index >= 15 is 0 Å². The van der Waals surface area contributed by atoms with Gasteiger partial charge in [0.15, 0.2) is 5.25 Å². The van der Waals surface area contributed by atoms with Crippen LogP contribution in [-0.4, -0.2) is 26.2 Å². The molecule has 4 nitrogen and oxygen atoms in total. The summed E-state index contributed by atoms with van der Waals surface area (Å²) in [7, 11) is -4.94. The maximum atomic E-state index is 8.49. The highest BCUT2D eigenvalue weighted by Gasteiger charge is 2.67. The predicted octanol–water partition coefficient (Wildman–Crippen LogP) is -0.0620. The number of thioether (sulfide) groups is 3. The van der Waals surface area contributed by atoms with E-state index < -0.39 is 10.2 Å². The minimum absolute atomic E-state index is 0.744. The van der Waals surface area contributed by atoms with E-state index in [0.29, 0.717) is 0 Å². The smallest absolute Gasteiger partial charge is 0.213 e. The molecule has 0 aromatic heterocycles. The molecule has 0 saturated heterocycles. The second-order valence-corrected chi connectivity index (χ2v) is 11.0. The van der Waals surface area contributed by atoms with Crippen molar-refractivity contribution in [2.75, 3.05) is 0 Å². The molecule has 0 N–H and O–H groups in total. The summed E-state index contributed by atoms with van der Waals surface area (Å²) >= 11 is 6.38. The van der Waals surface area contributed by atoms with Gasteiger partial charge in [-0.2, -0.15) is 0 Å². The summed E-state index contributed by atoms with van der Waals surface area (Å²) in [5, 5.41) is 5.65. The van der Waals surface area contributed by atoms with Gasteiger partial charge in [0.25, 0.3) is 0 Å². The van der Waals surface area contributed by atoms with Gasteiger partial charge < -0.3 is 0 Å². The minimum atomic E-state index is -4.94. The van der Waals surface area contributed by atoms with Gasteiger partial charge in [-0.3, -0.25) is 0 Å². The van der Waals surface area contributed by atoms with Crippen LogP contribution in [0.4, 0.5) is 0 Å². The van der Waals surface area contributed by atoms with Crippen LogP contribution in [0.5, 0.6) is 0 Å². The van der Waals surface area contributed by atoms with Gasteiger partial charge in [0.05, 0.1) is 11.8 Å². The van der Waals surface area contributed by atoms with E-state index in [0.717, 1.165) is 26.2 Å². The van der Waals surface area contributed by atoms with Gasteiger partial charge in [-0.15, -0.1) is 33.8 Å². The Morgan fingerprint density at radius 3 is 1.25 bits per heavy atom. The second kappa shape index (κ2) is 9.25. The van der Waals surface area contributed by atoms with Crippen LogP contribution in [-0.2, 0) is 0 Å². The van der Waals surface area contributed by atoms with Crippen molar-refractivity contribution < 1.29 is 28.9 Å².